The molecule has 2 aromatic heterocycles. The summed E-state index contributed by atoms with van der Waals surface area (Å²) in [6.07, 6.45) is 6.91. The molecule has 0 spiro atoms. The summed E-state index contributed by atoms with van der Waals surface area (Å²) in [5, 5.41) is 17.8. The molecule has 6 nitrogen and oxygen atoms in total. The van der Waals surface area contributed by atoms with Crippen molar-refractivity contribution < 1.29 is 5.11 Å². The van der Waals surface area contributed by atoms with E-state index < -0.39 is 5.60 Å². The van der Waals surface area contributed by atoms with Gasteiger partial charge in [-0.3, -0.25) is 0 Å². The Morgan fingerprint density at radius 1 is 1.20 bits per heavy atom. The van der Waals surface area contributed by atoms with Crippen LogP contribution in [0.3, 0.4) is 0 Å². The van der Waals surface area contributed by atoms with Crippen LogP contribution in [0.15, 0.2) is 61.2 Å². The summed E-state index contributed by atoms with van der Waals surface area (Å²) in [5.74, 6) is 0.604. The summed E-state index contributed by atoms with van der Waals surface area (Å²) in [6.45, 7) is 11.7. The Bertz CT molecular complexity index is 1080. The van der Waals surface area contributed by atoms with Crippen molar-refractivity contribution in [1.82, 2.24) is 20.3 Å². The van der Waals surface area contributed by atoms with Crippen molar-refractivity contribution in [3.8, 4) is 11.3 Å². The number of nitrogens with zero attached hydrogens (tertiary/aromatic N) is 2. The number of fused-ring (bicyclic) bond motifs is 1. The van der Waals surface area contributed by atoms with Gasteiger partial charge in [0.25, 0.3) is 0 Å². The highest BCUT2D eigenvalue weighted by molar-refractivity contribution is 5.96. The highest BCUT2D eigenvalue weighted by atomic mass is 16.3. The van der Waals surface area contributed by atoms with Gasteiger partial charge >= 0.3 is 0 Å². The largest absolute Gasteiger partial charge is 0.390 e. The Morgan fingerprint density at radius 3 is 2.70 bits per heavy atom. The standard InChI is InChI=1S/C24H29N5O/c1-15-12-18(13-16(2)27-15)28-23-25-11-9-21(29-23)20-14-26-22-17(6-5-7-19(20)22)8-10-24(3,4)30/h5-7,9,11,14,18,26-27,30H,1-2,8,10,12-13H2,3-4H3,(H,25,28,29). The third-order valence-electron chi connectivity index (χ3n) is 5.41. The summed E-state index contributed by atoms with van der Waals surface area (Å²) in [5.41, 5.74) is 5.42. The van der Waals surface area contributed by atoms with Gasteiger partial charge < -0.3 is 20.7 Å². The molecule has 0 atom stereocenters. The Balaban J connectivity index is 1.59. The quantitative estimate of drug-likeness (QED) is 0.486. The summed E-state index contributed by atoms with van der Waals surface area (Å²) in [7, 11) is 0. The number of H-pyrrole nitrogens is 1. The predicted molar refractivity (Wildman–Crippen MR) is 122 cm³/mol. The number of nitrogens with one attached hydrogen (secondary N) is 3. The molecule has 6 heteroatoms. The second-order valence-electron chi connectivity index (χ2n) is 8.70. The van der Waals surface area contributed by atoms with E-state index in [0.717, 1.165) is 52.8 Å². The van der Waals surface area contributed by atoms with Gasteiger partial charge in [-0.15, -0.1) is 0 Å². The van der Waals surface area contributed by atoms with Gasteiger partial charge in [0.05, 0.1) is 11.3 Å². The Kier molecular flexibility index (Phi) is 5.35. The minimum absolute atomic E-state index is 0.179. The van der Waals surface area contributed by atoms with Crippen LogP contribution < -0.4 is 10.6 Å². The van der Waals surface area contributed by atoms with Crippen molar-refractivity contribution in [3.05, 3.63) is 66.8 Å². The molecule has 0 unspecified atom stereocenters. The van der Waals surface area contributed by atoms with Crippen LogP contribution in [0.4, 0.5) is 5.95 Å². The average Bonchev–Trinajstić information content (AvgIpc) is 3.10. The van der Waals surface area contributed by atoms with E-state index in [1.807, 2.05) is 26.1 Å². The predicted octanol–water partition coefficient (Wildman–Crippen LogP) is 4.52. The number of aromatic nitrogens is 3. The molecule has 0 amide bonds. The number of para-hydroxylation sites is 1. The lowest BCUT2D eigenvalue weighted by Gasteiger charge is -2.27. The number of hydrogen-bond acceptors (Lipinski definition) is 5. The topological polar surface area (TPSA) is 85.9 Å². The molecule has 1 aliphatic heterocycles. The zero-order valence-corrected chi connectivity index (χ0v) is 17.6. The molecule has 3 heterocycles. The number of piperidine rings is 1. The fourth-order valence-electron chi connectivity index (χ4n) is 3.96. The molecule has 4 N–H and O–H groups in total. The number of aliphatic hydroxyl groups is 1. The molecule has 1 fully saturated rings. The molecule has 156 valence electrons. The molecule has 0 bridgehead atoms. The van der Waals surface area contributed by atoms with Gasteiger partial charge in [0.1, 0.15) is 0 Å². The lowest BCUT2D eigenvalue weighted by Crippen LogP contribution is -2.32. The van der Waals surface area contributed by atoms with Crippen molar-refractivity contribution >= 4 is 16.9 Å². The molecule has 30 heavy (non-hydrogen) atoms. The van der Waals surface area contributed by atoms with Crippen LogP contribution in [0.5, 0.6) is 0 Å². The summed E-state index contributed by atoms with van der Waals surface area (Å²) in [4.78, 5) is 12.6. The first-order valence-electron chi connectivity index (χ1n) is 10.3. The van der Waals surface area contributed by atoms with E-state index >= 15 is 0 Å². The van der Waals surface area contributed by atoms with Gasteiger partial charge in [-0.1, -0.05) is 31.4 Å². The molecule has 1 saturated heterocycles. The summed E-state index contributed by atoms with van der Waals surface area (Å²) >= 11 is 0. The molecule has 1 aliphatic rings. The number of benzene rings is 1. The van der Waals surface area contributed by atoms with Gasteiger partial charge in [-0.05, 0) is 38.3 Å². The van der Waals surface area contributed by atoms with E-state index in [9.17, 15) is 5.11 Å². The van der Waals surface area contributed by atoms with E-state index in [1.54, 1.807) is 6.20 Å². The first kappa shape index (κ1) is 20.2. The van der Waals surface area contributed by atoms with Crippen LogP contribution in [-0.4, -0.2) is 31.7 Å². The van der Waals surface area contributed by atoms with Crippen molar-refractivity contribution in [2.45, 2.75) is 51.2 Å². The molecular weight excluding hydrogens is 374 g/mol. The van der Waals surface area contributed by atoms with Gasteiger partial charge in [0.15, 0.2) is 0 Å². The summed E-state index contributed by atoms with van der Waals surface area (Å²) < 4.78 is 0. The number of hydrogen-bond donors (Lipinski definition) is 4. The second kappa shape index (κ2) is 7.95. The van der Waals surface area contributed by atoms with Gasteiger partial charge in [-0.2, -0.15) is 0 Å². The van der Waals surface area contributed by atoms with Crippen LogP contribution in [0.2, 0.25) is 0 Å². The second-order valence-corrected chi connectivity index (χ2v) is 8.70. The lowest BCUT2D eigenvalue weighted by atomic mass is 9.97. The first-order valence-corrected chi connectivity index (χ1v) is 10.3. The highest BCUT2D eigenvalue weighted by Gasteiger charge is 2.19. The molecule has 3 aromatic rings. The van der Waals surface area contributed by atoms with E-state index in [-0.39, 0.29) is 6.04 Å². The van der Waals surface area contributed by atoms with E-state index in [1.165, 1.54) is 5.56 Å². The van der Waals surface area contributed by atoms with Gasteiger partial charge in [0, 0.05) is 59.1 Å². The maximum atomic E-state index is 10.1. The fourth-order valence-corrected chi connectivity index (χ4v) is 3.96. The number of rotatable bonds is 6. The van der Waals surface area contributed by atoms with Crippen molar-refractivity contribution in [2.75, 3.05) is 5.32 Å². The molecule has 0 saturated carbocycles. The highest BCUT2D eigenvalue weighted by Crippen LogP contribution is 2.31. The zero-order valence-electron chi connectivity index (χ0n) is 17.6. The molecule has 0 aliphatic carbocycles. The third-order valence-corrected chi connectivity index (χ3v) is 5.41. The first-order chi connectivity index (χ1) is 14.3. The molecule has 0 radical (unpaired) electrons. The molecule has 4 rings (SSSR count). The van der Waals surface area contributed by atoms with Crippen molar-refractivity contribution in [1.29, 1.82) is 0 Å². The zero-order chi connectivity index (χ0) is 21.3. The average molecular weight is 404 g/mol. The Morgan fingerprint density at radius 2 is 1.97 bits per heavy atom. The fraction of sp³-hybridized carbons (Fsp3) is 0.333. The van der Waals surface area contributed by atoms with Crippen molar-refractivity contribution in [2.24, 2.45) is 0 Å². The van der Waals surface area contributed by atoms with Crippen LogP contribution in [0.25, 0.3) is 22.2 Å². The van der Waals surface area contributed by atoms with Crippen LogP contribution >= 0.6 is 0 Å². The Labute approximate surface area is 177 Å². The molecular formula is C24H29N5O. The maximum absolute atomic E-state index is 10.1. The Hall–Kier alpha value is -3.12. The smallest absolute Gasteiger partial charge is 0.223 e. The van der Waals surface area contributed by atoms with Gasteiger partial charge in [-0.25, -0.2) is 9.97 Å². The van der Waals surface area contributed by atoms with Gasteiger partial charge in [0.2, 0.25) is 5.95 Å². The minimum Gasteiger partial charge on any atom is -0.390 e. The molecule has 1 aromatic carbocycles. The summed E-state index contributed by atoms with van der Waals surface area (Å²) in [6, 6.07) is 8.38. The van der Waals surface area contributed by atoms with Crippen LogP contribution in [0.1, 0.15) is 38.7 Å². The number of anilines is 1. The number of aromatic amines is 1. The maximum Gasteiger partial charge on any atom is 0.223 e. The van der Waals surface area contributed by atoms with Crippen molar-refractivity contribution in [3.63, 3.8) is 0 Å². The third kappa shape index (κ3) is 4.54. The van der Waals surface area contributed by atoms with Crippen LogP contribution in [0, 0.1) is 0 Å². The van der Waals surface area contributed by atoms with Crippen LogP contribution in [-0.2, 0) is 6.42 Å². The van der Waals surface area contributed by atoms with E-state index in [4.69, 9.17) is 4.98 Å². The van der Waals surface area contributed by atoms with E-state index in [2.05, 4.69) is 52.0 Å². The minimum atomic E-state index is -0.684. The number of aryl methyl sites for hydroxylation is 1. The normalized spacial score (nSPS) is 15.4. The monoisotopic (exact) mass is 403 g/mol. The van der Waals surface area contributed by atoms with E-state index in [0.29, 0.717) is 12.4 Å². The lowest BCUT2D eigenvalue weighted by molar-refractivity contribution is 0.0715. The SMILES string of the molecule is C=C1CC(Nc2nccc(-c3c[nH]c4c(CCC(C)(C)O)cccc34)n2)CC(=C)N1.